The van der Waals surface area contributed by atoms with Gasteiger partial charge in [0, 0.05) is 28.6 Å². The van der Waals surface area contributed by atoms with Gasteiger partial charge in [0.1, 0.15) is 5.76 Å². The van der Waals surface area contributed by atoms with Crippen LogP contribution in [0.3, 0.4) is 0 Å². The van der Waals surface area contributed by atoms with E-state index in [0.29, 0.717) is 30.1 Å². The zero-order chi connectivity index (χ0) is 13.1. The molecule has 0 aromatic heterocycles. The van der Waals surface area contributed by atoms with Crippen molar-refractivity contribution in [1.29, 1.82) is 0 Å². The number of hydrogen-bond acceptors (Lipinski definition) is 3. The van der Waals surface area contributed by atoms with Crippen molar-refractivity contribution in [3.63, 3.8) is 0 Å². The lowest BCUT2D eigenvalue weighted by Gasteiger charge is -2.21. The van der Waals surface area contributed by atoms with Gasteiger partial charge in [0.05, 0.1) is 0 Å². The molecule has 1 aromatic carbocycles. The summed E-state index contributed by atoms with van der Waals surface area (Å²) in [5.74, 6) is 0.714. The molecular weight excluding hydrogens is 244 g/mol. The zero-order valence-corrected chi connectivity index (χ0v) is 11.5. The molecule has 2 rings (SSSR count). The molecule has 1 atom stereocenters. The van der Waals surface area contributed by atoms with E-state index in [1.54, 1.807) is 11.8 Å². The molecule has 0 saturated heterocycles. The molecule has 2 nitrogen and oxygen atoms in total. The van der Waals surface area contributed by atoms with Gasteiger partial charge in [-0.3, -0.25) is 4.79 Å². The van der Waals surface area contributed by atoms with E-state index in [0.717, 1.165) is 4.90 Å². The molecule has 18 heavy (non-hydrogen) atoms. The standard InChI is InChI=1S/C15H18O2S/c1-10(2)15(14-12(16)8-9-13(14)17)18-11-6-4-3-5-7-11/h3-7,10,15-16H,8-9H2,1-2H3/t15-/m1/s1. The van der Waals surface area contributed by atoms with E-state index in [1.165, 1.54) is 0 Å². The van der Waals surface area contributed by atoms with Gasteiger partial charge < -0.3 is 5.11 Å². The van der Waals surface area contributed by atoms with Crippen LogP contribution in [0.1, 0.15) is 26.7 Å². The molecule has 0 radical (unpaired) electrons. The molecule has 0 heterocycles. The van der Waals surface area contributed by atoms with E-state index in [4.69, 9.17) is 0 Å². The SMILES string of the molecule is CC(C)[C@@H](Sc1ccccc1)C1=C(O)CCC1=O. The zero-order valence-electron chi connectivity index (χ0n) is 10.7. The van der Waals surface area contributed by atoms with E-state index in [9.17, 15) is 9.90 Å². The van der Waals surface area contributed by atoms with Crippen molar-refractivity contribution < 1.29 is 9.90 Å². The van der Waals surface area contributed by atoms with Crippen LogP contribution in [-0.2, 0) is 4.79 Å². The molecule has 0 unspecified atom stereocenters. The molecule has 3 heteroatoms. The maximum absolute atomic E-state index is 11.9. The summed E-state index contributed by atoms with van der Waals surface area (Å²) >= 11 is 1.66. The molecule has 0 saturated carbocycles. The minimum atomic E-state index is 0.0439. The number of carbonyl (C=O) groups is 1. The molecule has 1 aliphatic carbocycles. The first-order valence-electron chi connectivity index (χ1n) is 6.26. The third kappa shape index (κ3) is 2.78. The Kier molecular flexibility index (Phi) is 4.12. The Bertz CT molecular complexity index is 463. The Balaban J connectivity index is 2.25. The van der Waals surface area contributed by atoms with Gasteiger partial charge in [-0.25, -0.2) is 0 Å². The van der Waals surface area contributed by atoms with Crippen LogP contribution in [0.2, 0.25) is 0 Å². The van der Waals surface area contributed by atoms with Gasteiger partial charge in [0.15, 0.2) is 5.78 Å². The Labute approximate surface area is 112 Å². The smallest absolute Gasteiger partial charge is 0.163 e. The van der Waals surface area contributed by atoms with Crippen LogP contribution >= 0.6 is 11.8 Å². The molecule has 1 aromatic rings. The summed E-state index contributed by atoms with van der Waals surface area (Å²) in [5, 5.41) is 9.95. The summed E-state index contributed by atoms with van der Waals surface area (Å²) < 4.78 is 0. The maximum Gasteiger partial charge on any atom is 0.163 e. The number of aliphatic hydroxyl groups excluding tert-OH is 1. The fraction of sp³-hybridized carbons (Fsp3) is 0.400. The molecule has 0 amide bonds. The number of allylic oxidation sites excluding steroid dienone is 1. The Morgan fingerprint density at radius 3 is 2.33 bits per heavy atom. The third-order valence-corrected chi connectivity index (χ3v) is 4.67. The van der Waals surface area contributed by atoms with E-state index < -0.39 is 0 Å². The number of ketones is 1. The van der Waals surface area contributed by atoms with Crippen LogP contribution in [0.25, 0.3) is 0 Å². The number of carbonyl (C=O) groups excluding carboxylic acids is 1. The first kappa shape index (κ1) is 13.2. The van der Waals surface area contributed by atoms with Crippen molar-refractivity contribution in [2.24, 2.45) is 5.92 Å². The lowest BCUT2D eigenvalue weighted by molar-refractivity contribution is -0.115. The lowest BCUT2D eigenvalue weighted by atomic mass is 10.0. The average Bonchev–Trinajstić information content (AvgIpc) is 2.67. The molecular formula is C15H18O2S. The largest absolute Gasteiger partial charge is 0.512 e. The molecule has 0 aliphatic heterocycles. The van der Waals surface area contributed by atoms with Crippen LogP contribution in [0.15, 0.2) is 46.6 Å². The van der Waals surface area contributed by atoms with Crippen LogP contribution in [0.5, 0.6) is 0 Å². The minimum Gasteiger partial charge on any atom is -0.512 e. The summed E-state index contributed by atoms with van der Waals surface area (Å²) in [6.45, 7) is 4.18. The first-order valence-corrected chi connectivity index (χ1v) is 7.14. The lowest BCUT2D eigenvalue weighted by Crippen LogP contribution is -2.19. The van der Waals surface area contributed by atoms with Gasteiger partial charge >= 0.3 is 0 Å². The van der Waals surface area contributed by atoms with Crippen molar-refractivity contribution in [2.45, 2.75) is 36.8 Å². The molecule has 96 valence electrons. The second kappa shape index (κ2) is 5.61. The van der Waals surface area contributed by atoms with E-state index in [-0.39, 0.29) is 11.0 Å². The fourth-order valence-electron chi connectivity index (χ4n) is 2.16. The highest BCUT2D eigenvalue weighted by molar-refractivity contribution is 8.00. The second-order valence-corrected chi connectivity index (χ2v) is 6.09. The van der Waals surface area contributed by atoms with Crippen molar-refractivity contribution >= 4 is 17.5 Å². The topological polar surface area (TPSA) is 37.3 Å². The first-order chi connectivity index (χ1) is 8.59. The molecule has 0 spiro atoms. The second-order valence-electron chi connectivity index (χ2n) is 4.88. The summed E-state index contributed by atoms with van der Waals surface area (Å²) in [6.07, 6.45) is 0.965. The summed E-state index contributed by atoms with van der Waals surface area (Å²) in [6, 6.07) is 10.0. The van der Waals surface area contributed by atoms with Gasteiger partial charge in [0.2, 0.25) is 0 Å². The van der Waals surface area contributed by atoms with Gasteiger partial charge in [-0.1, -0.05) is 32.0 Å². The number of benzene rings is 1. The van der Waals surface area contributed by atoms with Crippen molar-refractivity contribution in [3.8, 4) is 0 Å². The maximum atomic E-state index is 11.9. The molecule has 1 N–H and O–H groups in total. The normalized spacial score (nSPS) is 17.6. The monoisotopic (exact) mass is 262 g/mol. The number of rotatable bonds is 4. The number of hydrogen-bond donors (Lipinski definition) is 1. The Morgan fingerprint density at radius 2 is 1.83 bits per heavy atom. The average molecular weight is 262 g/mol. The number of Topliss-reactive ketones (excluding diaryl/α,β-unsaturated/α-hetero) is 1. The quantitative estimate of drug-likeness (QED) is 0.834. The molecule has 0 bridgehead atoms. The predicted octanol–water partition coefficient (Wildman–Crippen LogP) is 3.98. The molecule has 0 fully saturated rings. The van der Waals surface area contributed by atoms with E-state index >= 15 is 0 Å². The van der Waals surface area contributed by atoms with E-state index in [1.807, 2.05) is 30.3 Å². The fourth-order valence-corrected chi connectivity index (χ4v) is 3.42. The predicted molar refractivity (Wildman–Crippen MR) is 74.8 cm³/mol. The van der Waals surface area contributed by atoms with Gasteiger partial charge in [0.25, 0.3) is 0 Å². The summed E-state index contributed by atoms with van der Waals surface area (Å²) in [7, 11) is 0. The van der Waals surface area contributed by atoms with Crippen LogP contribution in [0, 0.1) is 5.92 Å². The van der Waals surface area contributed by atoms with Gasteiger partial charge in [-0.15, -0.1) is 11.8 Å². The van der Waals surface area contributed by atoms with Crippen LogP contribution < -0.4 is 0 Å². The highest BCUT2D eigenvalue weighted by Gasteiger charge is 2.32. The van der Waals surface area contributed by atoms with Crippen molar-refractivity contribution in [3.05, 3.63) is 41.7 Å². The summed E-state index contributed by atoms with van der Waals surface area (Å²) in [4.78, 5) is 13.0. The molecule has 1 aliphatic rings. The van der Waals surface area contributed by atoms with Crippen molar-refractivity contribution in [2.75, 3.05) is 0 Å². The van der Waals surface area contributed by atoms with E-state index in [2.05, 4.69) is 13.8 Å². The Hall–Kier alpha value is -1.22. The number of thioether (sulfide) groups is 1. The van der Waals surface area contributed by atoms with Crippen LogP contribution in [0.4, 0.5) is 0 Å². The Morgan fingerprint density at radius 1 is 1.17 bits per heavy atom. The number of aliphatic hydroxyl groups is 1. The minimum absolute atomic E-state index is 0.0439. The van der Waals surface area contributed by atoms with Crippen LogP contribution in [-0.4, -0.2) is 16.1 Å². The van der Waals surface area contributed by atoms with Crippen molar-refractivity contribution in [1.82, 2.24) is 0 Å². The highest BCUT2D eigenvalue weighted by Crippen LogP contribution is 2.38. The van der Waals surface area contributed by atoms with Gasteiger partial charge in [-0.05, 0) is 18.1 Å². The highest BCUT2D eigenvalue weighted by atomic mass is 32.2. The van der Waals surface area contributed by atoms with Gasteiger partial charge in [-0.2, -0.15) is 0 Å². The summed E-state index contributed by atoms with van der Waals surface area (Å²) in [5.41, 5.74) is 0.638. The third-order valence-electron chi connectivity index (χ3n) is 3.10.